The van der Waals surface area contributed by atoms with E-state index in [-0.39, 0.29) is 6.61 Å². The highest BCUT2D eigenvalue weighted by molar-refractivity contribution is 7.22. The highest BCUT2D eigenvalue weighted by Gasteiger charge is 2.36. The molecule has 2 aliphatic rings. The summed E-state index contributed by atoms with van der Waals surface area (Å²) in [7, 11) is 6.14. The average molecular weight is 1190 g/mol. The summed E-state index contributed by atoms with van der Waals surface area (Å²) in [5.41, 5.74) is 13.8. The second kappa shape index (κ2) is 22.8. The number of hydrogen-bond acceptors (Lipinski definition) is 12. The molecule has 0 amide bonds. The number of hydrogen-bond donors (Lipinski definition) is 1. The lowest BCUT2D eigenvalue weighted by Crippen LogP contribution is -2.42. The van der Waals surface area contributed by atoms with Crippen molar-refractivity contribution in [3.63, 3.8) is 0 Å². The Morgan fingerprint density at radius 3 is 1.45 bits per heavy atom. The van der Waals surface area contributed by atoms with Crippen LogP contribution >= 0.6 is 45.9 Å². The number of esters is 1. The zero-order valence-electron chi connectivity index (χ0n) is 49.0. The summed E-state index contributed by atoms with van der Waals surface area (Å²) >= 11 is 15.7. The highest BCUT2D eigenvalue weighted by Crippen LogP contribution is 2.48. The second-order valence-corrected chi connectivity index (χ2v) is 26.9. The molecule has 13 nitrogen and oxygen atoms in total. The molecule has 4 aromatic heterocycles. The van der Waals surface area contributed by atoms with Crippen molar-refractivity contribution in [3.05, 3.63) is 141 Å². The SMILES string of the molecule is CCOC(=O)[C@@H](OC(C)(C)C)c1c(C)cc2nc(-c3ccc4c(c3)c(C3CCC3)nn4C)sc2c1-c1ccc(Cl)cc1.Cc1cc2nc(-c3ccc4c(c3)c(C3CN(C)C3)nn4C)sc2c(-c2ccc(Cl)cc2)c1[C@H](OC(C)(C)C)C(=O)O. The molecule has 0 unspecified atom stereocenters. The number of carbonyl (C=O) groups is 2. The summed E-state index contributed by atoms with van der Waals surface area (Å²) < 4.78 is 24.0. The second-order valence-electron chi connectivity index (χ2n) is 24.1. The minimum Gasteiger partial charge on any atom is -0.479 e. The molecule has 17 heteroatoms. The predicted molar refractivity (Wildman–Crippen MR) is 337 cm³/mol. The van der Waals surface area contributed by atoms with Gasteiger partial charge in [0, 0.05) is 93.2 Å². The van der Waals surface area contributed by atoms with Gasteiger partial charge in [-0.05, 0) is 177 Å². The van der Waals surface area contributed by atoms with Crippen LogP contribution in [0.5, 0.6) is 0 Å². The molecule has 10 aromatic rings. The largest absolute Gasteiger partial charge is 0.479 e. The number of aromatic nitrogens is 6. The summed E-state index contributed by atoms with van der Waals surface area (Å²) in [5, 5.41) is 25.5. The first kappa shape index (κ1) is 58.2. The fraction of sp³-hybridized carbons (Fsp3) is 0.364. The Hall–Kier alpha value is -6.56. The molecule has 83 heavy (non-hydrogen) atoms. The summed E-state index contributed by atoms with van der Waals surface area (Å²) in [4.78, 5) is 38.6. The number of carboxylic acid groups (broad SMARTS) is 1. The van der Waals surface area contributed by atoms with Crippen molar-refractivity contribution in [2.24, 2.45) is 14.1 Å². The molecule has 1 N–H and O–H groups in total. The average Bonchev–Trinajstić information content (AvgIpc) is 3.83. The lowest BCUT2D eigenvalue weighted by Gasteiger charge is -2.35. The van der Waals surface area contributed by atoms with Crippen LogP contribution in [0.2, 0.25) is 10.0 Å². The minimum absolute atomic E-state index is 0.269. The molecule has 0 spiro atoms. The Labute approximate surface area is 502 Å². The van der Waals surface area contributed by atoms with Gasteiger partial charge in [-0.3, -0.25) is 9.36 Å². The lowest BCUT2D eigenvalue weighted by atomic mass is 9.82. The number of nitrogens with zero attached hydrogens (tertiary/aromatic N) is 7. The van der Waals surface area contributed by atoms with E-state index in [1.54, 1.807) is 22.7 Å². The van der Waals surface area contributed by atoms with Gasteiger partial charge in [-0.1, -0.05) is 53.9 Å². The molecular formula is C66H69Cl2N7O6S2. The number of aliphatic carboxylic acids is 1. The van der Waals surface area contributed by atoms with Crippen molar-refractivity contribution >= 4 is 100 Å². The molecular weight excluding hydrogens is 1120 g/mol. The van der Waals surface area contributed by atoms with Crippen molar-refractivity contribution in [2.45, 2.75) is 117 Å². The molecule has 430 valence electrons. The fourth-order valence-corrected chi connectivity index (χ4v) is 14.0. The van der Waals surface area contributed by atoms with Crippen molar-refractivity contribution in [1.82, 2.24) is 34.4 Å². The van der Waals surface area contributed by atoms with E-state index in [1.807, 2.05) is 140 Å². The Morgan fingerprint density at radius 2 is 1.05 bits per heavy atom. The Kier molecular flexibility index (Phi) is 16.0. The molecule has 1 aliphatic carbocycles. The van der Waals surface area contributed by atoms with E-state index in [4.69, 9.17) is 57.6 Å². The zero-order chi connectivity index (χ0) is 59.0. The van der Waals surface area contributed by atoms with Crippen LogP contribution in [0.3, 0.4) is 0 Å². The zero-order valence-corrected chi connectivity index (χ0v) is 52.1. The standard InChI is InChI=1S/C34H36ClN3O3S.C32H33ClN4O3S/c1-7-40-33(39)30(41-34(3,4)5)27-19(2)17-25-31(28(27)20-11-14-23(35)15-12-20)42-32(36-25)22-13-16-26-24(18-22)29(37-38(26)6)21-9-8-10-21;1-17-13-23-29(26(18-7-10-21(33)11-8-18)25(17)28(31(38)39)40-32(2,3)4)41-30(34-23)19-9-12-24-22(14-19)27(35-37(24)6)20-15-36(5)16-20/h11-18,21,30H,7-10H2,1-6H3;7-14,20,28H,15-16H2,1-6H3,(H,38,39)/t30-;28-/m00/s1. The van der Waals surface area contributed by atoms with Crippen LogP contribution < -0.4 is 0 Å². The Balaban J connectivity index is 0.000000174. The van der Waals surface area contributed by atoms with Gasteiger partial charge in [-0.25, -0.2) is 19.6 Å². The Morgan fingerprint density at radius 1 is 0.627 bits per heavy atom. The quantitative estimate of drug-likeness (QED) is 0.110. The first-order valence-electron chi connectivity index (χ1n) is 28.2. The molecule has 0 bridgehead atoms. The molecule has 6 aromatic carbocycles. The van der Waals surface area contributed by atoms with Crippen molar-refractivity contribution in [2.75, 3.05) is 26.7 Å². The molecule has 0 radical (unpaired) electrons. The predicted octanol–water partition coefficient (Wildman–Crippen LogP) is 16.6. The number of likely N-dealkylation sites (tertiary alicyclic amines) is 1. The smallest absolute Gasteiger partial charge is 0.339 e. The number of carboxylic acids is 1. The molecule has 1 saturated heterocycles. The number of fused-ring (bicyclic) bond motifs is 4. The maximum absolute atomic E-state index is 13.4. The van der Waals surface area contributed by atoms with Gasteiger partial charge >= 0.3 is 11.9 Å². The third-order valence-electron chi connectivity index (χ3n) is 15.5. The van der Waals surface area contributed by atoms with Crippen LogP contribution in [-0.4, -0.2) is 89.4 Å². The number of ether oxygens (including phenoxy) is 3. The monoisotopic (exact) mass is 1190 g/mol. The van der Waals surface area contributed by atoms with E-state index < -0.39 is 35.3 Å². The number of thiazole rings is 2. The van der Waals surface area contributed by atoms with E-state index >= 15 is 0 Å². The number of likely N-dealkylation sites (N-methyl/N-ethyl adjacent to an activating group) is 1. The molecule has 1 aliphatic heterocycles. The number of rotatable bonds is 13. The normalized spacial score (nSPS) is 15.2. The van der Waals surface area contributed by atoms with Crippen LogP contribution in [0.25, 0.3) is 85.6 Å². The van der Waals surface area contributed by atoms with Crippen molar-refractivity contribution < 1.29 is 28.9 Å². The summed E-state index contributed by atoms with van der Waals surface area (Å²) in [6.07, 6.45) is 1.61. The van der Waals surface area contributed by atoms with E-state index in [0.717, 1.165) is 116 Å². The third-order valence-corrected chi connectivity index (χ3v) is 18.3. The van der Waals surface area contributed by atoms with Crippen LogP contribution in [0.15, 0.2) is 97.1 Å². The summed E-state index contributed by atoms with van der Waals surface area (Å²) in [5.74, 6) is -0.477. The molecule has 2 fully saturated rings. The highest BCUT2D eigenvalue weighted by atomic mass is 35.5. The van der Waals surface area contributed by atoms with E-state index in [0.29, 0.717) is 27.4 Å². The van der Waals surface area contributed by atoms with Gasteiger partial charge in [0.15, 0.2) is 12.2 Å². The lowest BCUT2D eigenvalue weighted by molar-refractivity contribution is -0.166. The molecule has 1 saturated carbocycles. The van der Waals surface area contributed by atoms with Gasteiger partial charge in [0.25, 0.3) is 0 Å². The van der Waals surface area contributed by atoms with Gasteiger partial charge in [0.2, 0.25) is 0 Å². The van der Waals surface area contributed by atoms with Crippen LogP contribution in [0, 0.1) is 13.8 Å². The minimum atomic E-state index is -1.15. The maximum Gasteiger partial charge on any atom is 0.339 e. The van der Waals surface area contributed by atoms with Crippen molar-refractivity contribution in [3.8, 4) is 43.4 Å². The molecule has 2 atom stereocenters. The summed E-state index contributed by atoms with van der Waals surface area (Å²) in [6, 6.07) is 32.2. The maximum atomic E-state index is 13.4. The first-order valence-corrected chi connectivity index (χ1v) is 30.6. The van der Waals surface area contributed by atoms with Crippen LogP contribution in [0.4, 0.5) is 0 Å². The third kappa shape index (κ3) is 11.7. The number of carbonyl (C=O) groups excluding carboxylic acids is 1. The fourth-order valence-electron chi connectivity index (χ4n) is 11.5. The van der Waals surface area contributed by atoms with Gasteiger partial charge in [0.05, 0.1) is 60.7 Å². The molecule has 12 rings (SSSR count). The van der Waals surface area contributed by atoms with E-state index in [2.05, 4.69) is 54.4 Å². The van der Waals surface area contributed by atoms with Gasteiger partial charge in [-0.2, -0.15) is 10.2 Å². The van der Waals surface area contributed by atoms with Crippen molar-refractivity contribution in [1.29, 1.82) is 0 Å². The summed E-state index contributed by atoms with van der Waals surface area (Å²) in [6.45, 7) is 19.5. The van der Waals surface area contributed by atoms with E-state index in [9.17, 15) is 14.7 Å². The van der Waals surface area contributed by atoms with Gasteiger partial charge in [-0.15, -0.1) is 22.7 Å². The van der Waals surface area contributed by atoms with Gasteiger partial charge in [0.1, 0.15) is 10.0 Å². The van der Waals surface area contributed by atoms with E-state index in [1.165, 1.54) is 30.3 Å². The topological polar surface area (TPSA) is 147 Å². The number of aryl methyl sites for hydroxylation is 4. The number of benzene rings is 6. The molecule has 5 heterocycles. The first-order chi connectivity index (χ1) is 39.4. The van der Waals surface area contributed by atoms with Crippen LogP contribution in [0.1, 0.15) is 125 Å². The number of halogens is 2. The van der Waals surface area contributed by atoms with Gasteiger partial charge < -0.3 is 24.2 Å². The Bertz CT molecular complexity index is 4120. The van der Waals surface area contributed by atoms with Crippen LogP contribution in [-0.2, 0) is 37.9 Å².